The molecule has 9 nitrogen and oxygen atoms in total. The number of aliphatic hydroxyl groups is 1. The number of likely N-dealkylation sites (N-methyl/N-ethyl adjacent to an activating group) is 1. The van der Waals surface area contributed by atoms with Gasteiger partial charge in [0.25, 0.3) is 0 Å². The molecule has 39 heavy (non-hydrogen) atoms. The normalized spacial score (nSPS) is 28.6. The molecular weight excluding hydrogens is 496 g/mol. The summed E-state index contributed by atoms with van der Waals surface area (Å²) in [5.41, 5.74) is 5.26. The van der Waals surface area contributed by atoms with E-state index in [1.54, 1.807) is 19.3 Å². The van der Waals surface area contributed by atoms with Crippen molar-refractivity contribution in [2.75, 3.05) is 20.4 Å². The van der Waals surface area contributed by atoms with Gasteiger partial charge in [-0.2, -0.15) is 5.26 Å². The molecule has 1 saturated heterocycles. The van der Waals surface area contributed by atoms with Crippen LogP contribution in [-0.2, 0) is 20.7 Å². The van der Waals surface area contributed by atoms with Gasteiger partial charge in [0.15, 0.2) is 5.76 Å². The number of hydrogen-bond acceptors (Lipinski definition) is 8. The van der Waals surface area contributed by atoms with Crippen LogP contribution in [0.15, 0.2) is 41.1 Å². The molecule has 1 amide bonds. The fourth-order valence-electron chi connectivity index (χ4n) is 6.94. The molecule has 3 N–H and O–H groups in total. The van der Waals surface area contributed by atoms with Gasteiger partial charge in [-0.05, 0) is 69.8 Å². The number of rotatable bonds is 6. The summed E-state index contributed by atoms with van der Waals surface area (Å²) in [5, 5.41) is 36.3. The highest BCUT2D eigenvalue weighted by molar-refractivity contribution is 5.76. The minimum atomic E-state index is -0.492. The van der Waals surface area contributed by atoms with Gasteiger partial charge in [-0.3, -0.25) is 14.6 Å². The molecule has 1 fully saturated rings. The van der Waals surface area contributed by atoms with Gasteiger partial charge in [-0.1, -0.05) is 13.0 Å². The number of aliphatic hydroxyl groups excluding tert-OH is 1. The second-order valence-corrected chi connectivity index (χ2v) is 11.0. The van der Waals surface area contributed by atoms with E-state index in [0.29, 0.717) is 36.3 Å². The van der Waals surface area contributed by atoms with Crippen molar-refractivity contribution in [1.82, 2.24) is 15.1 Å². The van der Waals surface area contributed by atoms with Crippen LogP contribution < -0.4 is 5.32 Å². The molecule has 0 radical (unpaired) electrons. The lowest BCUT2D eigenvalue weighted by atomic mass is 9.71. The summed E-state index contributed by atoms with van der Waals surface area (Å²) in [6.45, 7) is 7.98. The number of aryl methyl sites for hydroxylation is 1. The Balaban J connectivity index is 1.72. The fourth-order valence-corrected chi connectivity index (χ4v) is 6.94. The maximum Gasteiger partial charge on any atom is 0.230 e. The van der Waals surface area contributed by atoms with Gasteiger partial charge in [-0.25, -0.2) is 0 Å². The number of nitriles is 1. The lowest BCUT2D eigenvalue weighted by molar-refractivity contribution is -0.121. The van der Waals surface area contributed by atoms with Gasteiger partial charge in [0.1, 0.15) is 23.8 Å². The van der Waals surface area contributed by atoms with Crippen molar-refractivity contribution in [2.45, 2.75) is 83.6 Å². The van der Waals surface area contributed by atoms with Crippen LogP contribution in [0.2, 0.25) is 0 Å². The fraction of sp³-hybridized carbons (Fsp3) is 0.533. The third kappa shape index (κ3) is 4.36. The minimum Gasteiger partial charge on any atom is -0.508 e. The van der Waals surface area contributed by atoms with Gasteiger partial charge in [0.05, 0.1) is 18.2 Å². The van der Waals surface area contributed by atoms with Crippen molar-refractivity contribution in [3.8, 4) is 11.8 Å². The zero-order chi connectivity index (χ0) is 28.0. The Morgan fingerprint density at radius 2 is 2.08 bits per heavy atom. The number of nitrogens with zero attached hydrogens (tertiary/aromatic N) is 3. The van der Waals surface area contributed by atoms with E-state index in [2.05, 4.69) is 27.3 Å². The molecule has 5 rings (SSSR count). The number of carbonyl (C=O) groups is 1. The average Bonchev–Trinajstić information content (AvgIpc) is 3.45. The summed E-state index contributed by atoms with van der Waals surface area (Å²) in [7, 11) is 2.03. The first-order valence-corrected chi connectivity index (χ1v) is 13.7. The molecule has 9 heteroatoms. The number of fused-ring (bicyclic) bond motifs is 6. The van der Waals surface area contributed by atoms with E-state index >= 15 is 0 Å². The highest BCUT2D eigenvalue weighted by Gasteiger charge is 2.56. The Labute approximate surface area is 230 Å². The molecule has 208 valence electrons. The molecule has 0 saturated carbocycles. The smallest absolute Gasteiger partial charge is 0.230 e. The van der Waals surface area contributed by atoms with Crippen LogP contribution in [0.4, 0.5) is 0 Å². The van der Waals surface area contributed by atoms with Crippen LogP contribution in [-0.4, -0.2) is 70.5 Å². The van der Waals surface area contributed by atoms with E-state index in [1.165, 1.54) is 0 Å². The van der Waals surface area contributed by atoms with Crippen molar-refractivity contribution >= 4 is 5.91 Å². The number of piperazine rings is 1. The number of amides is 1. The van der Waals surface area contributed by atoms with Crippen LogP contribution >= 0.6 is 0 Å². The standard InChI is InChI=1S/C30H38N4O5/c1-6-8-26(36)32-13-23-28(25-14-38-15-39-25)19(24(35)7-2)11-21-29-27-18(9-16(3)17(4)30(27)37)10-20(33(29)5)22(12-31)34(21)23/h7,9,14,20-23,29,35,37H,6,8,10-11,13,15H2,1-5H3,(H,32,36)/b24-7-/t20-,21?,22-,23-,29-/m0/s1. The Morgan fingerprint density at radius 3 is 2.72 bits per heavy atom. The zero-order valence-corrected chi connectivity index (χ0v) is 23.3. The highest BCUT2D eigenvalue weighted by Crippen LogP contribution is 2.52. The first-order valence-electron chi connectivity index (χ1n) is 13.7. The van der Waals surface area contributed by atoms with E-state index in [0.717, 1.165) is 34.2 Å². The van der Waals surface area contributed by atoms with Crippen LogP contribution in [0.1, 0.15) is 61.4 Å². The lowest BCUT2D eigenvalue weighted by Gasteiger charge is -2.60. The largest absolute Gasteiger partial charge is 0.508 e. The Kier molecular flexibility index (Phi) is 7.36. The number of allylic oxidation sites excluding steroid dienone is 2. The Morgan fingerprint density at radius 1 is 1.31 bits per heavy atom. The third-order valence-corrected chi connectivity index (χ3v) is 8.91. The number of carbonyl (C=O) groups excluding carboxylic acids is 1. The summed E-state index contributed by atoms with van der Waals surface area (Å²) < 4.78 is 11.3. The second-order valence-electron chi connectivity index (χ2n) is 11.0. The maximum atomic E-state index is 12.6. The predicted octanol–water partition coefficient (Wildman–Crippen LogP) is 3.78. The molecular formula is C30H38N4O5. The van der Waals surface area contributed by atoms with Crippen molar-refractivity contribution in [3.05, 3.63) is 63.3 Å². The van der Waals surface area contributed by atoms with Gasteiger partial charge >= 0.3 is 0 Å². The number of aromatic hydroxyl groups is 1. The van der Waals surface area contributed by atoms with Crippen molar-refractivity contribution in [3.63, 3.8) is 0 Å². The summed E-state index contributed by atoms with van der Waals surface area (Å²) in [6, 6.07) is 3.21. The molecule has 1 aromatic carbocycles. The summed E-state index contributed by atoms with van der Waals surface area (Å²) in [4.78, 5) is 17.1. The summed E-state index contributed by atoms with van der Waals surface area (Å²) in [6.07, 6.45) is 5.39. The molecule has 1 unspecified atom stereocenters. The quantitative estimate of drug-likeness (QED) is 0.472. The molecule has 4 aliphatic rings. The number of hydrogen-bond donors (Lipinski definition) is 3. The van der Waals surface area contributed by atoms with E-state index < -0.39 is 12.1 Å². The number of nitrogens with one attached hydrogen (secondary N) is 1. The number of phenolic OH excluding ortho intramolecular Hbond substituents is 1. The van der Waals surface area contributed by atoms with Crippen molar-refractivity contribution in [1.29, 1.82) is 5.26 Å². The first kappa shape index (κ1) is 27.1. The molecule has 5 atom stereocenters. The number of benzene rings is 1. The van der Waals surface area contributed by atoms with Gasteiger partial charge in [-0.15, -0.1) is 0 Å². The minimum absolute atomic E-state index is 0.0646. The van der Waals surface area contributed by atoms with E-state index in [9.17, 15) is 20.3 Å². The molecule has 0 aromatic heterocycles. The Hall–Kier alpha value is -3.48. The van der Waals surface area contributed by atoms with Gasteiger partial charge in [0, 0.05) is 41.8 Å². The van der Waals surface area contributed by atoms with E-state index in [4.69, 9.17) is 9.47 Å². The summed E-state index contributed by atoms with van der Waals surface area (Å²) >= 11 is 0. The van der Waals surface area contributed by atoms with Crippen LogP contribution in [0.5, 0.6) is 5.75 Å². The first-order chi connectivity index (χ1) is 18.7. The van der Waals surface area contributed by atoms with E-state index in [-0.39, 0.29) is 43.1 Å². The van der Waals surface area contributed by atoms with Crippen LogP contribution in [0.25, 0.3) is 0 Å². The second kappa shape index (κ2) is 10.6. The molecule has 0 aliphatic carbocycles. The molecule has 4 aliphatic heterocycles. The van der Waals surface area contributed by atoms with Gasteiger partial charge < -0.3 is 25.0 Å². The topological polar surface area (TPSA) is 118 Å². The Bertz CT molecular complexity index is 1310. The summed E-state index contributed by atoms with van der Waals surface area (Å²) in [5.74, 6) is 0.863. The van der Waals surface area contributed by atoms with E-state index in [1.807, 2.05) is 27.8 Å². The number of phenols is 1. The average molecular weight is 535 g/mol. The van der Waals surface area contributed by atoms with Crippen molar-refractivity contribution in [2.24, 2.45) is 0 Å². The van der Waals surface area contributed by atoms with Crippen LogP contribution in [0, 0.1) is 25.2 Å². The monoisotopic (exact) mass is 534 g/mol. The predicted molar refractivity (Wildman–Crippen MR) is 145 cm³/mol. The highest BCUT2D eigenvalue weighted by atomic mass is 16.7. The van der Waals surface area contributed by atoms with Crippen LogP contribution in [0.3, 0.4) is 0 Å². The molecule has 4 heterocycles. The SMILES string of the molecule is C/C=C(\O)C1=C(C2=COCO2)[C@H](CNC(=O)CCC)N2C(C1)[C@H]1c3c(cc(C)c(C)c3O)C[C@@H]([C@@H]2C#N)N1C. The number of ether oxygens (including phenoxy) is 2. The van der Waals surface area contributed by atoms with Crippen molar-refractivity contribution < 1.29 is 24.5 Å². The zero-order valence-electron chi connectivity index (χ0n) is 23.3. The lowest BCUT2D eigenvalue weighted by Crippen LogP contribution is -2.70. The third-order valence-electron chi connectivity index (χ3n) is 8.91. The molecule has 0 spiro atoms. The molecule has 1 aromatic rings. The molecule has 2 bridgehead atoms. The van der Waals surface area contributed by atoms with Gasteiger partial charge in [0.2, 0.25) is 12.7 Å². The maximum absolute atomic E-state index is 12.6.